The smallest absolute Gasteiger partial charge is 0.133 e. The summed E-state index contributed by atoms with van der Waals surface area (Å²) < 4.78 is 0. The second-order valence-corrected chi connectivity index (χ2v) is 3.46. The molecule has 0 saturated heterocycles. The van der Waals surface area contributed by atoms with Crippen molar-refractivity contribution < 1.29 is 0 Å². The van der Waals surface area contributed by atoms with Gasteiger partial charge >= 0.3 is 0 Å². The van der Waals surface area contributed by atoms with Gasteiger partial charge in [-0.2, -0.15) is 10.5 Å². The summed E-state index contributed by atoms with van der Waals surface area (Å²) in [5, 5.41) is 17.7. The molecule has 0 aromatic carbocycles. The number of nitrogens with zero attached hydrogens (tertiary/aromatic N) is 2. The van der Waals surface area contributed by atoms with Gasteiger partial charge in [-0.05, 0) is 29.1 Å². The summed E-state index contributed by atoms with van der Waals surface area (Å²) in [6.07, 6.45) is 4.30. The molecule has 0 aliphatic heterocycles. The Bertz CT molecular complexity index is 434. The number of allylic oxidation sites excluding steroid dienone is 6. The lowest BCUT2D eigenvalue weighted by Gasteiger charge is -2.06. The molecule has 0 fully saturated rings. The molecular weight excluding hydrogens is 184 g/mol. The van der Waals surface area contributed by atoms with E-state index in [1.165, 1.54) is 0 Å². The van der Waals surface area contributed by atoms with E-state index in [-0.39, 0.29) is 11.5 Å². The second kappa shape index (κ2) is 4.44. The third-order valence-corrected chi connectivity index (χ3v) is 2.60. The van der Waals surface area contributed by atoms with E-state index in [0.717, 1.165) is 23.1 Å². The molecule has 0 spiro atoms. The van der Waals surface area contributed by atoms with Crippen LogP contribution in [0.25, 0.3) is 0 Å². The highest BCUT2D eigenvalue weighted by Gasteiger charge is 2.26. The van der Waals surface area contributed by atoms with E-state index >= 15 is 0 Å². The Morgan fingerprint density at radius 1 is 1.33 bits per heavy atom. The summed E-state index contributed by atoms with van der Waals surface area (Å²) in [7, 11) is 0. The molecule has 0 radical (unpaired) electrons. The van der Waals surface area contributed by atoms with E-state index in [2.05, 4.69) is 13.2 Å². The van der Waals surface area contributed by atoms with Crippen molar-refractivity contribution in [1.82, 2.24) is 0 Å². The molecule has 0 aromatic heterocycles. The Morgan fingerprint density at radius 3 is 2.33 bits per heavy atom. The van der Waals surface area contributed by atoms with Gasteiger partial charge in [0, 0.05) is 0 Å². The van der Waals surface area contributed by atoms with Gasteiger partial charge < -0.3 is 0 Å². The molecule has 1 atom stereocenters. The van der Waals surface area contributed by atoms with Gasteiger partial charge in [-0.25, -0.2) is 0 Å². The van der Waals surface area contributed by atoms with Gasteiger partial charge in [0.1, 0.15) is 17.7 Å². The molecular formula is C13H12N2. The van der Waals surface area contributed by atoms with Crippen molar-refractivity contribution in [2.24, 2.45) is 5.92 Å². The monoisotopic (exact) mass is 196 g/mol. The number of hydrogen-bond donors (Lipinski definition) is 0. The van der Waals surface area contributed by atoms with Crippen molar-refractivity contribution in [3.63, 3.8) is 0 Å². The molecule has 15 heavy (non-hydrogen) atoms. The average Bonchev–Trinajstić information content (AvgIpc) is 2.57. The maximum Gasteiger partial charge on any atom is 0.133 e. The summed E-state index contributed by atoms with van der Waals surface area (Å²) >= 11 is 0. The second-order valence-electron chi connectivity index (χ2n) is 3.46. The zero-order valence-corrected chi connectivity index (χ0v) is 8.75. The highest BCUT2D eigenvalue weighted by atomic mass is 14.3. The standard InChI is InChI=1S/C13H12N2/c1-4-10-6-9(3)13(12(10)5-2)11(7-14)8-15/h4-5,9H,1-2,6H2,3H3. The van der Waals surface area contributed by atoms with E-state index in [9.17, 15) is 0 Å². The number of rotatable bonds is 2. The van der Waals surface area contributed by atoms with Gasteiger partial charge in [-0.15, -0.1) is 0 Å². The molecule has 0 saturated carbocycles. The Labute approximate surface area is 90.1 Å². The lowest BCUT2D eigenvalue weighted by Crippen LogP contribution is -1.96. The summed E-state index contributed by atoms with van der Waals surface area (Å²) in [5.74, 6) is 0.195. The Morgan fingerprint density at radius 2 is 1.93 bits per heavy atom. The van der Waals surface area contributed by atoms with Gasteiger partial charge in [0.15, 0.2) is 0 Å². The first-order chi connectivity index (χ1) is 7.19. The lowest BCUT2D eigenvalue weighted by molar-refractivity contribution is 0.726. The van der Waals surface area contributed by atoms with Crippen molar-refractivity contribution in [3.8, 4) is 12.1 Å². The molecule has 1 unspecified atom stereocenters. The Hall–Kier alpha value is -2.06. The predicted octanol–water partition coefficient (Wildman–Crippen LogP) is 3.04. The van der Waals surface area contributed by atoms with E-state index in [1.54, 1.807) is 12.2 Å². The summed E-state index contributed by atoms with van der Waals surface area (Å²) in [6.45, 7) is 9.45. The zero-order chi connectivity index (χ0) is 11.4. The largest absolute Gasteiger partial charge is 0.192 e. The Balaban J connectivity index is 3.45. The molecule has 1 rings (SSSR count). The van der Waals surface area contributed by atoms with Crippen LogP contribution in [0.5, 0.6) is 0 Å². The summed E-state index contributed by atoms with van der Waals surface area (Å²) in [5.41, 5.74) is 2.96. The van der Waals surface area contributed by atoms with E-state index < -0.39 is 0 Å². The van der Waals surface area contributed by atoms with Crippen molar-refractivity contribution in [2.45, 2.75) is 13.3 Å². The predicted molar refractivity (Wildman–Crippen MR) is 59.5 cm³/mol. The zero-order valence-electron chi connectivity index (χ0n) is 8.75. The molecule has 2 heteroatoms. The SMILES string of the molecule is C=CC1=C(C=C)C(=C(C#N)C#N)C(C)C1. The molecule has 0 N–H and O–H groups in total. The normalized spacial score (nSPS) is 19.4. The van der Waals surface area contributed by atoms with Gasteiger partial charge in [0.05, 0.1) is 0 Å². The minimum absolute atomic E-state index is 0.189. The van der Waals surface area contributed by atoms with Crippen LogP contribution < -0.4 is 0 Å². The van der Waals surface area contributed by atoms with Crippen LogP contribution in [-0.2, 0) is 0 Å². The van der Waals surface area contributed by atoms with Crippen molar-refractivity contribution in [3.05, 3.63) is 47.6 Å². The van der Waals surface area contributed by atoms with Crippen molar-refractivity contribution in [2.75, 3.05) is 0 Å². The van der Waals surface area contributed by atoms with Crippen LogP contribution in [0.15, 0.2) is 47.6 Å². The van der Waals surface area contributed by atoms with Gasteiger partial charge in [0.2, 0.25) is 0 Å². The average molecular weight is 196 g/mol. The van der Waals surface area contributed by atoms with E-state index in [4.69, 9.17) is 10.5 Å². The fourth-order valence-electron chi connectivity index (χ4n) is 1.94. The maximum atomic E-state index is 8.86. The first kappa shape index (κ1) is 11.0. The first-order valence-electron chi connectivity index (χ1n) is 4.72. The van der Waals surface area contributed by atoms with E-state index in [1.807, 2.05) is 19.1 Å². The number of hydrogen-bond acceptors (Lipinski definition) is 2. The first-order valence-corrected chi connectivity index (χ1v) is 4.72. The summed E-state index contributed by atoms with van der Waals surface area (Å²) in [6, 6.07) is 3.87. The van der Waals surface area contributed by atoms with Crippen LogP contribution in [0.4, 0.5) is 0 Å². The summed E-state index contributed by atoms with van der Waals surface area (Å²) in [4.78, 5) is 0. The van der Waals surface area contributed by atoms with Crippen LogP contribution in [-0.4, -0.2) is 0 Å². The molecule has 1 aliphatic rings. The molecule has 74 valence electrons. The minimum atomic E-state index is 0.189. The topological polar surface area (TPSA) is 47.6 Å². The molecule has 0 aromatic rings. The van der Waals surface area contributed by atoms with Crippen LogP contribution in [0.2, 0.25) is 0 Å². The third kappa shape index (κ3) is 1.75. The van der Waals surface area contributed by atoms with Crippen LogP contribution >= 0.6 is 0 Å². The van der Waals surface area contributed by atoms with E-state index in [0.29, 0.717) is 0 Å². The van der Waals surface area contributed by atoms with Crippen molar-refractivity contribution >= 4 is 0 Å². The van der Waals surface area contributed by atoms with Crippen molar-refractivity contribution in [1.29, 1.82) is 10.5 Å². The molecule has 2 nitrogen and oxygen atoms in total. The Kier molecular flexibility index (Phi) is 3.26. The molecule has 1 aliphatic carbocycles. The molecule has 0 amide bonds. The molecule has 0 bridgehead atoms. The van der Waals surface area contributed by atoms with Gasteiger partial charge in [-0.3, -0.25) is 0 Å². The van der Waals surface area contributed by atoms with Crippen LogP contribution in [0.3, 0.4) is 0 Å². The number of nitriles is 2. The minimum Gasteiger partial charge on any atom is -0.192 e. The molecule has 0 heterocycles. The van der Waals surface area contributed by atoms with Crippen LogP contribution in [0, 0.1) is 28.6 Å². The maximum absolute atomic E-state index is 8.86. The van der Waals surface area contributed by atoms with Gasteiger partial charge in [-0.1, -0.05) is 32.2 Å². The highest BCUT2D eigenvalue weighted by Crippen LogP contribution is 2.39. The fourth-order valence-corrected chi connectivity index (χ4v) is 1.94. The highest BCUT2D eigenvalue weighted by molar-refractivity contribution is 5.59. The fraction of sp³-hybridized carbons (Fsp3) is 0.231. The lowest BCUT2D eigenvalue weighted by atomic mass is 9.95. The van der Waals surface area contributed by atoms with Gasteiger partial charge in [0.25, 0.3) is 0 Å². The third-order valence-electron chi connectivity index (χ3n) is 2.60. The van der Waals surface area contributed by atoms with Crippen LogP contribution in [0.1, 0.15) is 13.3 Å². The quantitative estimate of drug-likeness (QED) is 0.637.